The summed E-state index contributed by atoms with van der Waals surface area (Å²) in [5, 5.41) is 48.7. The molecule has 5 N–H and O–H groups in total. The molecule has 4 aliphatic rings. The number of benzene rings is 1. The van der Waals surface area contributed by atoms with Gasteiger partial charge in [0.25, 0.3) is 5.91 Å². The Hall–Kier alpha value is -3.08. The number of carboxylic acid groups (broad SMARTS) is 1. The SMILES string of the molecule is C[C@]12CCC(=NOCC(=O)N[C@H](Cc3ccccc3)C(=O)O)C=C1CC[C@@H]1[C@@H]2[C@H](O)C[C@]2(C)[C@@H]1CC[C@]2(O)C(=O)CO. The third-order valence-corrected chi connectivity index (χ3v) is 11.0. The molecule has 1 aromatic rings. The van der Waals surface area contributed by atoms with Crippen LogP contribution in [0.3, 0.4) is 0 Å². The quantitative estimate of drug-likeness (QED) is 0.277. The molecule has 1 amide bonds. The molecule has 0 saturated heterocycles. The highest BCUT2D eigenvalue weighted by Gasteiger charge is 2.68. The molecule has 0 aliphatic heterocycles. The Labute approximate surface area is 245 Å². The second kappa shape index (κ2) is 11.5. The number of hydrogen-bond acceptors (Lipinski definition) is 8. The largest absolute Gasteiger partial charge is 0.480 e. The Kier molecular flexibility index (Phi) is 8.35. The summed E-state index contributed by atoms with van der Waals surface area (Å²) in [4.78, 5) is 42.0. The van der Waals surface area contributed by atoms with Crippen molar-refractivity contribution in [1.29, 1.82) is 0 Å². The zero-order chi connectivity index (χ0) is 30.3. The highest BCUT2D eigenvalue weighted by atomic mass is 16.6. The molecule has 0 bridgehead atoms. The van der Waals surface area contributed by atoms with Gasteiger partial charge in [0.2, 0.25) is 0 Å². The van der Waals surface area contributed by atoms with Gasteiger partial charge in [0.1, 0.15) is 18.2 Å². The lowest BCUT2D eigenvalue weighted by molar-refractivity contribution is -0.181. The van der Waals surface area contributed by atoms with Crippen molar-refractivity contribution in [2.75, 3.05) is 13.2 Å². The molecule has 42 heavy (non-hydrogen) atoms. The van der Waals surface area contributed by atoms with E-state index in [1.54, 1.807) is 12.1 Å². The first kappa shape index (κ1) is 30.4. The van der Waals surface area contributed by atoms with Gasteiger partial charge < -0.3 is 30.6 Å². The van der Waals surface area contributed by atoms with Gasteiger partial charge in [-0.2, -0.15) is 0 Å². The standard InChI is InChI=1S/C32H42N2O8/c1-30-12-10-21(34-42-18-27(38)33-24(29(39)40)14-19-6-4-3-5-7-19)15-20(30)8-9-22-23-11-13-32(41,26(37)17-35)31(23,2)16-25(36)28(22)30/h3-7,15,22-25,28,35-36,41H,8-14,16-18H2,1-2H3,(H,33,38)(H,39,40)/t22-,23+,24+,25+,28+,30-,31+,32-/m0/s1. The molecule has 0 radical (unpaired) electrons. The number of ketones is 1. The van der Waals surface area contributed by atoms with Crippen LogP contribution >= 0.6 is 0 Å². The number of aliphatic hydroxyl groups excluding tert-OH is 2. The molecular weight excluding hydrogens is 540 g/mol. The number of carboxylic acids is 1. The van der Waals surface area contributed by atoms with Gasteiger partial charge >= 0.3 is 5.97 Å². The van der Waals surface area contributed by atoms with Gasteiger partial charge in [0.15, 0.2) is 12.4 Å². The minimum Gasteiger partial charge on any atom is -0.480 e. The summed E-state index contributed by atoms with van der Waals surface area (Å²) in [6.45, 7) is 2.99. The number of fused-ring (bicyclic) bond motifs is 5. The highest BCUT2D eigenvalue weighted by molar-refractivity contribution is 5.96. The topological polar surface area (TPSA) is 166 Å². The summed E-state index contributed by atoms with van der Waals surface area (Å²) < 4.78 is 0. The lowest BCUT2D eigenvalue weighted by atomic mass is 9.45. The van der Waals surface area contributed by atoms with E-state index in [1.807, 2.05) is 31.2 Å². The van der Waals surface area contributed by atoms with Gasteiger partial charge in [0, 0.05) is 11.8 Å². The first-order chi connectivity index (χ1) is 19.9. The first-order valence-corrected chi connectivity index (χ1v) is 14.9. The van der Waals surface area contributed by atoms with Gasteiger partial charge in [-0.1, -0.05) is 54.9 Å². The van der Waals surface area contributed by atoms with Crippen LogP contribution in [0.2, 0.25) is 0 Å². The molecule has 1 aromatic carbocycles. The van der Waals surface area contributed by atoms with Crippen LogP contribution in [0.25, 0.3) is 0 Å². The number of allylic oxidation sites excluding steroid dienone is 2. The fraction of sp³-hybridized carbons (Fsp3) is 0.625. The van der Waals surface area contributed by atoms with Gasteiger partial charge in [-0.25, -0.2) is 4.79 Å². The van der Waals surface area contributed by atoms with Crippen LogP contribution in [0.4, 0.5) is 0 Å². The normalized spacial score (nSPS) is 37.1. The zero-order valence-electron chi connectivity index (χ0n) is 24.3. The van der Waals surface area contributed by atoms with Crippen molar-refractivity contribution in [3.63, 3.8) is 0 Å². The third kappa shape index (κ3) is 5.18. The summed E-state index contributed by atoms with van der Waals surface area (Å²) in [7, 11) is 0. The van der Waals surface area contributed by atoms with Gasteiger partial charge in [-0.15, -0.1) is 0 Å². The van der Waals surface area contributed by atoms with E-state index in [4.69, 9.17) is 4.84 Å². The molecular formula is C32H42N2O8. The molecule has 8 atom stereocenters. The van der Waals surface area contributed by atoms with E-state index in [0.29, 0.717) is 31.4 Å². The molecule has 10 nitrogen and oxygen atoms in total. The molecule has 3 fully saturated rings. The van der Waals surface area contributed by atoms with E-state index < -0.39 is 54.0 Å². The Morgan fingerprint density at radius 3 is 2.55 bits per heavy atom. The number of nitrogens with one attached hydrogen (secondary N) is 1. The Bertz CT molecular complexity index is 1280. The second-order valence-electron chi connectivity index (χ2n) is 13.1. The molecule has 5 rings (SSSR count). The first-order valence-electron chi connectivity index (χ1n) is 14.9. The van der Waals surface area contributed by atoms with Crippen LogP contribution in [-0.2, 0) is 25.6 Å². The minimum absolute atomic E-state index is 0.0204. The van der Waals surface area contributed by atoms with Crippen molar-refractivity contribution in [2.24, 2.45) is 33.7 Å². The maximum atomic E-state index is 12.6. The van der Waals surface area contributed by atoms with Crippen molar-refractivity contribution in [1.82, 2.24) is 5.32 Å². The van der Waals surface area contributed by atoms with E-state index in [-0.39, 0.29) is 29.6 Å². The molecule has 4 aliphatic carbocycles. The van der Waals surface area contributed by atoms with Gasteiger partial charge in [-0.3, -0.25) is 9.59 Å². The maximum Gasteiger partial charge on any atom is 0.326 e. The van der Waals surface area contributed by atoms with Crippen LogP contribution in [0, 0.1) is 28.6 Å². The Morgan fingerprint density at radius 1 is 1.12 bits per heavy atom. The van der Waals surface area contributed by atoms with E-state index in [0.717, 1.165) is 24.8 Å². The maximum absolute atomic E-state index is 12.6. The van der Waals surface area contributed by atoms with Crippen LogP contribution in [-0.4, -0.2) is 74.8 Å². The van der Waals surface area contributed by atoms with Crippen molar-refractivity contribution in [2.45, 2.75) is 83.0 Å². The number of aliphatic carboxylic acids is 1. The molecule has 3 saturated carbocycles. The summed E-state index contributed by atoms with van der Waals surface area (Å²) in [6.07, 6.45) is 5.74. The average Bonchev–Trinajstić information content (AvgIpc) is 3.23. The Morgan fingerprint density at radius 2 is 1.86 bits per heavy atom. The molecule has 0 heterocycles. The number of Topliss-reactive ketones (excluding diaryl/α,β-unsaturated/α-hetero) is 1. The number of rotatable bonds is 9. The van der Waals surface area contributed by atoms with Crippen LogP contribution < -0.4 is 5.32 Å². The summed E-state index contributed by atoms with van der Waals surface area (Å²) >= 11 is 0. The highest BCUT2D eigenvalue weighted by Crippen LogP contribution is 2.67. The van der Waals surface area contributed by atoms with Gasteiger partial charge in [0.05, 0.1) is 11.8 Å². The van der Waals surface area contributed by atoms with Gasteiger partial charge in [-0.05, 0) is 79.8 Å². The van der Waals surface area contributed by atoms with E-state index in [9.17, 15) is 34.8 Å². The number of hydrogen-bond donors (Lipinski definition) is 5. The predicted molar refractivity (Wildman–Crippen MR) is 153 cm³/mol. The summed E-state index contributed by atoms with van der Waals surface area (Å²) in [6, 6.07) is 7.99. The number of carbonyl (C=O) groups is 3. The summed E-state index contributed by atoms with van der Waals surface area (Å²) in [5.74, 6) is -2.04. The van der Waals surface area contributed by atoms with Crippen LogP contribution in [0.5, 0.6) is 0 Å². The van der Waals surface area contributed by atoms with E-state index in [2.05, 4.69) is 17.4 Å². The second-order valence-corrected chi connectivity index (χ2v) is 13.1. The zero-order valence-corrected chi connectivity index (χ0v) is 24.3. The molecule has 0 unspecified atom stereocenters. The monoisotopic (exact) mass is 582 g/mol. The number of amides is 1. The Balaban J connectivity index is 1.23. The number of carbonyl (C=O) groups excluding carboxylic acids is 2. The number of nitrogens with zero attached hydrogens (tertiary/aromatic N) is 1. The van der Waals surface area contributed by atoms with Crippen molar-refractivity contribution < 1.29 is 39.6 Å². The van der Waals surface area contributed by atoms with Crippen LogP contribution in [0.1, 0.15) is 64.4 Å². The van der Waals surface area contributed by atoms with Crippen molar-refractivity contribution in [3.05, 3.63) is 47.5 Å². The molecule has 0 aromatic heterocycles. The number of aliphatic hydroxyl groups is 3. The van der Waals surface area contributed by atoms with E-state index >= 15 is 0 Å². The molecule has 0 spiro atoms. The fourth-order valence-electron chi connectivity index (χ4n) is 8.82. The molecule has 228 valence electrons. The number of oxime groups is 1. The van der Waals surface area contributed by atoms with Crippen molar-refractivity contribution >= 4 is 23.4 Å². The van der Waals surface area contributed by atoms with E-state index in [1.165, 1.54) is 5.57 Å². The minimum atomic E-state index is -1.61. The third-order valence-electron chi connectivity index (χ3n) is 11.0. The van der Waals surface area contributed by atoms with Crippen LogP contribution in [0.15, 0.2) is 47.1 Å². The summed E-state index contributed by atoms with van der Waals surface area (Å²) in [5.41, 5.74) is 0.0184. The molecule has 10 heteroatoms. The predicted octanol–water partition coefficient (Wildman–Crippen LogP) is 2.40. The fourth-order valence-corrected chi connectivity index (χ4v) is 8.82. The smallest absolute Gasteiger partial charge is 0.326 e. The lowest BCUT2D eigenvalue weighted by Gasteiger charge is -2.60. The lowest BCUT2D eigenvalue weighted by Crippen LogP contribution is -2.62. The van der Waals surface area contributed by atoms with Crippen molar-refractivity contribution in [3.8, 4) is 0 Å². The average molecular weight is 583 g/mol.